The van der Waals surface area contributed by atoms with Gasteiger partial charge in [-0.2, -0.15) is 0 Å². The number of aryl methyl sites for hydroxylation is 2. The number of ether oxygens (including phenoxy) is 1. The third-order valence-electron chi connectivity index (χ3n) is 4.81. The van der Waals surface area contributed by atoms with E-state index in [1.807, 2.05) is 31.2 Å². The van der Waals surface area contributed by atoms with E-state index in [-0.39, 0.29) is 29.2 Å². The van der Waals surface area contributed by atoms with E-state index < -0.39 is 4.92 Å². The molecule has 0 saturated heterocycles. The first-order valence-corrected chi connectivity index (χ1v) is 10.7. The van der Waals surface area contributed by atoms with Gasteiger partial charge in [-0.1, -0.05) is 23.9 Å². The zero-order valence-electron chi connectivity index (χ0n) is 16.8. The number of nitro groups is 1. The van der Waals surface area contributed by atoms with Crippen LogP contribution in [-0.4, -0.2) is 33.3 Å². The second kappa shape index (κ2) is 9.17. The number of hydrogen-bond donors (Lipinski definition) is 0. The summed E-state index contributed by atoms with van der Waals surface area (Å²) in [5.74, 6) is 1.05. The predicted octanol–water partition coefficient (Wildman–Crippen LogP) is 3.94. The molecule has 2 heterocycles. The van der Waals surface area contributed by atoms with Crippen molar-refractivity contribution < 1.29 is 18.9 Å². The summed E-state index contributed by atoms with van der Waals surface area (Å²) in [7, 11) is 0. The van der Waals surface area contributed by atoms with Crippen LogP contribution in [0.2, 0.25) is 0 Å². The number of carbonyl (C=O) groups is 1. The number of thioether (sulfide) groups is 1. The van der Waals surface area contributed by atoms with Crippen LogP contribution in [-0.2, 0) is 17.8 Å². The van der Waals surface area contributed by atoms with E-state index in [0.29, 0.717) is 24.6 Å². The van der Waals surface area contributed by atoms with Gasteiger partial charge in [-0.15, -0.1) is 10.2 Å². The first-order valence-electron chi connectivity index (χ1n) is 9.72. The number of anilines is 1. The van der Waals surface area contributed by atoms with Crippen molar-refractivity contribution in [2.24, 2.45) is 0 Å². The number of aromatic nitrogens is 2. The van der Waals surface area contributed by atoms with Crippen molar-refractivity contribution in [3.63, 3.8) is 0 Å². The van der Waals surface area contributed by atoms with Crippen molar-refractivity contribution in [1.82, 2.24) is 10.2 Å². The van der Waals surface area contributed by atoms with E-state index >= 15 is 0 Å². The molecule has 2 aromatic carbocycles. The molecule has 0 spiro atoms. The largest absolute Gasteiger partial charge is 0.484 e. The van der Waals surface area contributed by atoms with Crippen LogP contribution >= 0.6 is 11.8 Å². The van der Waals surface area contributed by atoms with Crippen molar-refractivity contribution >= 4 is 29.0 Å². The molecule has 1 amide bonds. The van der Waals surface area contributed by atoms with Crippen LogP contribution < -0.4 is 9.64 Å². The average Bonchev–Trinajstić information content (AvgIpc) is 3.23. The number of nitrogens with zero attached hydrogens (tertiary/aromatic N) is 4. The number of carbonyl (C=O) groups excluding carboxylic acids is 1. The summed E-state index contributed by atoms with van der Waals surface area (Å²) < 4.78 is 11.2. The Bertz CT molecular complexity index is 1120. The van der Waals surface area contributed by atoms with Gasteiger partial charge in [0.25, 0.3) is 16.8 Å². The summed E-state index contributed by atoms with van der Waals surface area (Å²) in [6.45, 7) is 2.69. The molecular weight excluding hydrogens is 420 g/mol. The molecule has 9 nitrogen and oxygen atoms in total. The maximum absolute atomic E-state index is 12.8. The van der Waals surface area contributed by atoms with Crippen LogP contribution in [0.15, 0.2) is 52.1 Å². The van der Waals surface area contributed by atoms with Gasteiger partial charge in [-0.25, -0.2) is 0 Å². The van der Waals surface area contributed by atoms with Gasteiger partial charge in [0.2, 0.25) is 5.91 Å². The van der Waals surface area contributed by atoms with Crippen LogP contribution in [0, 0.1) is 17.0 Å². The quantitative estimate of drug-likeness (QED) is 0.309. The summed E-state index contributed by atoms with van der Waals surface area (Å²) in [6.07, 6.45) is 1.47. The van der Waals surface area contributed by atoms with Crippen molar-refractivity contribution in [1.29, 1.82) is 0 Å². The smallest absolute Gasteiger partial charge is 0.277 e. The fourth-order valence-electron chi connectivity index (χ4n) is 3.36. The Labute approximate surface area is 182 Å². The molecule has 160 valence electrons. The normalized spacial score (nSPS) is 13.0. The van der Waals surface area contributed by atoms with E-state index in [0.717, 1.165) is 35.0 Å². The van der Waals surface area contributed by atoms with Crippen molar-refractivity contribution in [2.45, 2.75) is 31.6 Å². The maximum Gasteiger partial charge on any atom is 0.277 e. The minimum Gasteiger partial charge on any atom is -0.484 e. The first-order chi connectivity index (χ1) is 15.0. The lowest BCUT2D eigenvalue weighted by atomic mass is 10.0. The molecule has 0 N–H and O–H groups in total. The second-order valence-corrected chi connectivity index (χ2v) is 8.00. The molecule has 0 atom stereocenters. The Balaban J connectivity index is 1.34. The van der Waals surface area contributed by atoms with Gasteiger partial charge in [0.1, 0.15) is 5.75 Å². The van der Waals surface area contributed by atoms with E-state index in [4.69, 9.17) is 9.15 Å². The Kier molecular flexibility index (Phi) is 6.17. The lowest BCUT2D eigenvalue weighted by Crippen LogP contribution is -2.36. The van der Waals surface area contributed by atoms with Gasteiger partial charge < -0.3 is 14.1 Å². The summed E-state index contributed by atoms with van der Waals surface area (Å²) in [5.41, 5.74) is 2.66. The summed E-state index contributed by atoms with van der Waals surface area (Å²) in [4.78, 5) is 25.0. The van der Waals surface area contributed by atoms with Gasteiger partial charge in [-0.05, 0) is 49.1 Å². The molecule has 1 aliphatic heterocycles. The fraction of sp³-hybridized carbons (Fsp3) is 0.286. The topological polar surface area (TPSA) is 112 Å². The molecule has 10 heteroatoms. The standard InChI is InChI=1S/C21H20N4O5S/c1-14-4-2-6-17(10-14)29-12-19-22-23-21(30-19)31-13-20(26)24-9-3-5-15-11-16(25(27)28)7-8-18(15)24/h2,4,6-8,10-11H,3,5,9,12-13H2,1H3. The molecule has 0 aliphatic carbocycles. The number of rotatable bonds is 7. The number of non-ortho nitro benzene ring substituents is 1. The van der Waals surface area contributed by atoms with E-state index in [2.05, 4.69) is 10.2 Å². The first kappa shape index (κ1) is 20.9. The van der Waals surface area contributed by atoms with Crippen LogP contribution in [0.25, 0.3) is 0 Å². The zero-order valence-corrected chi connectivity index (χ0v) is 17.6. The van der Waals surface area contributed by atoms with Gasteiger partial charge in [0.15, 0.2) is 6.61 Å². The lowest BCUT2D eigenvalue weighted by Gasteiger charge is -2.29. The molecule has 4 rings (SSSR count). The summed E-state index contributed by atoms with van der Waals surface area (Å²) in [5, 5.41) is 19.2. The molecule has 0 fully saturated rings. The number of benzene rings is 2. The molecular formula is C21H20N4O5S. The highest BCUT2D eigenvalue weighted by Gasteiger charge is 2.25. The third kappa shape index (κ3) is 5.02. The Morgan fingerprint density at radius 2 is 2.16 bits per heavy atom. The Morgan fingerprint density at radius 3 is 2.97 bits per heavy atom. The maximum atomic E-state index is 12.8. The minimum absolute atomic E-state index is 0.0358. The van der Waals surface area contributed by atoms with Gasteiger partial charge >= 0.3 is 0 Å². The van der Waals surface area contributed by atoms with Crippen LogP contribution in [0.5, 0.6) is 5.75 Å². The summed E-state index contributed by atoms with van der Waals surface area (Å²) >= 11 is 1.15. The van der Waals surface area contributed by atoms with Gasteiger partial charge in [0, 0.05) is 24.4 Å². The van der Waals surface area contributed by atoms with Crippen LogP contribution in [0.1, 0.15) is 23.4 Å². The fourth-order valence-corrected chi connectivity index (χ4v) is 4.02. The zero-order chi connectivity index (χ0) is 21.8. The Morgan fingerprint density at radius 1 is 1.29 bits per heavy atom. The molecule has 3 aromatic rings. The van der Waals surface area contributed by atoms with Gasteiger partial charge in [0.05, 0.1) is 10.7 Å². The van der Waals surface area contributed by atoms with Crippen LogP contribution in [0.3, 0.4) is 0 Å². The highest BCUT2D eigenvalue weighted by molar-refractivity contribution is 7.99. The molecule has 0 saturated carbocycles. The summed E-state index contributed by atoms with van der Waals surface area (Å²) in [6, 6.07) is 12.3. The molecule has 1 aromatic heterocycles. The second-order valence-electron chi connectivity index (χ2n) is 7.07. The Hall–Kier alpha value is -3.40. The predicted molar refractivity (Wildman–Crippen MR) is 114 cm³/mol. The molecule has 1 aliphatic rings. The average molecular weight is 440 g/mol. The van der Waals surface area contributed by atoms with Crippen molar-refractivity contribution in [3.05, 3.63) is 69.6 Å². The molecule has 0 unspecified atom stereocenters. The van der Waals surface area contributed by atoms with E-state index in [1.54, 1.807) is 17.0 Å². The number of amides is 1. The molecule has 0 bridgehead atoms. The SMILES string of the molecule is Cc1cccc(OCc2nnc(SCC(=O)N3CCCc4cc([N+](=O)[O-])ccc43)o2)c1. The highest BCUT2D eigenvalue weighted by atomic mass is 32.2. The van der Waals surface area contributed by atoms with Crippen LogP contribution in [0.4, 0.5) is 11.4 Å². The van der Waals surface area contributed by atoms with E-state index in [1.165, 1.54) is 6.07 Å². The highest BCUT2D eigenvalue weighted by Crippen LogP contribution is 2.31. The lowest BCUT2D eigenvalue weighted by molar-refractivity contribution is -0.384. The van der Waals surface area contributed by atoms with Crippen molar-refractivity contribution in [3.8, 4) is 5.75 Å². The third-order valence-corrected chi connectivity index (χ3v) is 5.62. The number of nitro benzene ring substituents is 1. The van der Waals surface area contributed by atoms with Gasteiger partial charge in [-0.3, -0.25) is 14.9 Å². The van der Waals surface area contributed by atoms with E-state index in [9.17, 15) is 14.9 Å². The molecule has 31 heavy (non-hydrogen) atoms. The monoisotopic (exact) mass is 440 g/mol. The number of hydrogen-bond acceptors (Lipinski definition) is 8. The minimum atomic E-state index is -0.424. The van der Waals surface area contributed by atoms with Crippen molar-refractivity contribution in [2.75, 3.05) is 17.2 Å². The number of fused-ring (bicyclic) bond motifs is 1. The molecule has 0 radical (unpaired) electrons.